The predicted octanol–water partition coefficient (Wildman–Crippen LogP) is -5.10. The van der Waals surface area contributed by atoms with Crippen molar-refractivity contribution in [3.8, 4) is 5.69 Å². The van der Waals surface area contributed by atoms with Gasteiger partial charge in [-0.25, -0.2) is 27.7 Å². The van der Waals surface area contributed by atoms with Gasteiger partial charge in [-0.05, 0) is 60.7 Å². The normalized spacial score (nSPS) is 14.0. The van der Waals surface area contributed by atoms with Crippen LogP contribution < -0.4 is 74.9 Å². The number of nitrogens with one attached hydrogen (secondary N) is 1. The van der Waals surface area contributed by atoms with Gasteiger partial charge in [-0.3, -0.25) is 19.7 Å². The zero-order valence-corrected chi connectivity index (χ0v) is 29.7. The molecule has 0 saturated carbocycles. The van der Waals surface area contributed by atoms with Crippen molar-refractivity contribution in [1.29, 1.82) is 0 Å². The SMILES string of the molecule is COOCc1[nH]n(-c2ccc(S(=O)(=O)[O-])cc2)c(=O)c1/C=C/C=C1\C(=O)N(c2ccc(SOO[O-])cc2)N=C1C(=O)OC.[Na+].[Na+]. The van der Waals surface area contributed by atoms with Gasteiger partial charge in [0.2, 0.25) is 0 Å². The number of carbonyl (C=O) groups is 2. The van der Waals surface area contributed by atoms with E-state index in [0.717, 1.165) is 28.9 Å². The van der Waals surface area contributed by atoms with Gasteiger partial charge in [0.15, 0.2) is 5.71 Å². The molecule has 2 heterocycles. The van der Waals surface area contributed by atoms with Crippen molar-refractivity contribution in [2.45, 2.75) is 16.4 Å². The Morgan fingerprint density at radius 3 is 2.27 bits per heavy atom. The van der Waals surface area contributed by atoms with Crippen LogP contribution in [0, 0.1) is 0 Å². The van der Waals surface area contributed by atoms with Crippen LogP contribution in [-0.4, -0.2) is 54.6 Å². The van der Waals surface area contributed by atoms with Crippen molar-refractivity contribution < 1.29 is 111 Å². The third-order valence-electron chi connectivity index (χ3n) is 5.73. The molecule has 0 saturated heterocycles. The van der Waals surface area contributed by atoms with Crippen molar-refractivity contribution in [2.75, 3.05) is 19.2 Å². The predicted molar refractivity (Wildman–Crippen MR) is 145 cm³/mol. The molecule has 0 radical (unpaired) electrons. The average Bonchev–Trinajstić information content (AvgIpc) is 3.50. The second-order valence-corrected chi connectivity index (χ2v) is 10.4. The Bertz CT molecular complexity index is 1770. The fourth-order valence-electron chi connectivity index (χ4n) is 3.76. The van der Waals surface area contributed by atoms with E-state index >= 15 is 0 Å². The summed E-state index contributed by atoms with van der Waals surface area (Å²) in [6.07, 6.45) is 3.96. The van der Waals surface area contributed by atoms with Crippen molar-refractivity contribution in [3.63, 3.8) is 0 Å². The smallest absolute Gasteiger partial charge is 0.744 e. The van der Waals surface area contributed by atoms with E-state index in [4.69, 9.17) is 9.62 Å². The number of aromatic nitrogens is 2. The van der Waals surface area contributed by atoms with Crippen LogP contribution in [0.1, 0.15) is 11.3 Å². The van der Waals surface area contributed by atoms with Gasteiger partial charge < -0.3 is 14.5 Å². The number of allylic oxidation sites excluding steroid dienone is 2. The number of hydrazone groups is 1. The Balaban J connectivity index is 0.00000353. The van der Waals surface area contributed by atoms with Crippen LogP contribution in [0.4, 0.5) is 5.69 Å². The van der Waals surface area contributed by atoms with Gasteiger partial charge in [-0.1, -0.05) is 6.08 Å². The van der Waals surface area contributed by atoms with Gasteiger partial charge in [-0.2, -0.15) is 14.4 Å². The van der Waals surface area contributed by atoms with E-state index in [-0.39, 0.29) is 99.6 Å². The molecule has 45 heavy (non-hydrogen) atoms. The largest absolute Gasteiger partial charge is 1.00 e. The molecule has 1 N–H and O–H groups in total. The third-order valence-corrected chi connectivity index (χ3v) is 7.17. The van der Waals surface area contributed by atoms with E-state index < -0.39 is 32.4 Å². The van der Waals surface area contributed by atoms with Gasteiger partial charge in [0, 0.05) is 4.90 Å². The molecule has 1 aliphatic heterocycles. The monoisotopic (exact) mass is 678 g/mol. The number of methoxy groups -OCH3 is 1. The number of aromatic amines is 1. The van der Waals surface area contributed by atoms with Crippen LogP contribution in [0.25, 0.3) is 11.8 Å². The molecule has 0 fully saturated rings. The number of rotatable bonds is 12. The van der Waals surface area contributed by atoms with Crippen LogP contribution in [0.5, 0.6) is 0 Å². The van der Waals surface area contributed by atoms with Gasteiger partial charge in [0.05, 0.1) is 59.4 Å². The molecule has 1 aromatic heterocycles. The molecule has 4 rings (SSSR count). The minimum atomic E-state index is -4.69. The summed E-state index contributed by atoms with van der Waals surface area (Å²) < 4.78 is 43.8. The average molecular weight is 679 g/mol. The molecule has 1 amide bonds. The molecule has 0 atom stereocenters. The van der Waals surface area contributed by atoms with E-state index in [0.29, 0.717) is 16.9 Å². The number of hydrogen-bond acceptors (Lipinski definition) is 14. The summed E-state index contributed by atoms with van der Waals surface area (Å²) >= 11 is 0.648. The van der Waals surface area contributed by atoms with Gasteiger partial charge in [0.1, 0.15) is 16.7 Å². The molecule has 1 aliphatic rings. The summed E-state index contributed by atoms with van der Waals surface area (Å²) in [4.78, 5) is 48.5. The minimum Gasteiger partial charge on any atom is -0.744 e. The number of anilines is 1. The third kappa shape index (κ3) is 9.33. The van der Waals surface area contributed by atoms with Crippen LogP contribution in [0.2, 0.25) is 0 Å². The topological polar surface area (TPSA) is 214 Å². The molecule has 2 aromatic carbocycles. The summed E-state index contributed by atoms with van der Waals surface area (Å²) in [6.45, 7) is -0.205. The molecule has 0 bridgehead atoms. The second-order valence-electron chi connectivity index (χ2n) is 8.23. The van der Waals surface area contributed by atoms with E-state index in [1.54, 1.807) is 0 Å². The number of H-pyrrole nitrogens is 1. The zero-order valence-electron chi connectivity index (χ0n) is 24.1. The molecular weight excluding hydrogens is 658 g/mol. The van der Waals surface area contributed by atoms with Crippen molar-refractivity contribution in [1.82, 2.24) is 9.78 Å². The maximum Gasteiger partial charge on any atom is 1.00 e. The Morgan fingerprint density at radius 2 is 1.69 bits per heavy atom. The number of hydrogen-bond donors (Lipinski definition) is 1. The first-order valence-electron chi connectivity index (χ1n) is 11.8. The number of esters is 1. The van der Waals surface area contributed by atoms with E-state index in [1.807, 2.05) is 0 Å². The number of ether oxygens (including phenoxy) is 1. The molecule has 226 valence electrons. The quantitative estimate of drug-likeness (QED) is 0.0362. The Hall–Kier alpha value is -2.40. The summed E-state index contributed by atoms with van der Waals surface area (Å²) in [6, 6.07) is 10.7. The maximum absolute atomic E-state index is 13.3. The standard InChI is InChI=1S/C25H22N4O12S2.2Na/c1-37-25(32)22-20(24(31)29(27-22)15-6-10-17(11-7-15)42-41-40-33)5-3-4-19-21(14-39-38-2)26-28(23(19)30)16-8-12-18(13-9-16)43(34,35)36;;/h3-13,26,33H,14H2,1-2H3,(H,34,35,36);;/q;2*+1/p-2/b4-3+,20-5-;;. The maximum atomic E-state index is 13.3. The summed E-state index contributed by atoms with van der Waals surface area (Å²) in [7, 11) is -2.30. The summed E-state index contributed by atoms with van der Waals surface area (Å²) in [5.74, 6) is -1.56. The van der Waals surface area contributed by atoms with Crippen LogP contribution >= 0.6 is 12.0 Å². The van der Waals surface area contributed by atoms with Crippen molar-refractivity contribution in [3.05, 3.63) is 87.9 Å². The first-order chi connectivity index (χ1) is 20.6. The van der Waals surface area contributed by atoms with Crippen molar-refractivity contribution >= 4 is 51.5 Å². The molecule has 3 aromatic rings. The van der Waals surface area contributed by atoms with Gasteiger partial charge in [-0.15, -0.1) is 0 Å². The van der Waals surface area contributed by atoms with Crippen LogP contribution in [0.3, 0.4) is 0 Å². The number of carbonyl (C=O) groups excluding carboxylic acids is 2. The molecule has 0 aliphatic carbocycles. The van der Waals surface area contributed by atoms with Crippen molar-refractivity contribution in [2.24, 2.45) is 5.10 Å². The number of amides is 1. The molecule has 0 spiro atoms. The van der Waals surface area contributed by atoms with Gasteiger partial charge >= 0.3 is 65.1 Å². The van der Waals surface area contributed by atoms with E-state index in [1.165, 1.54) is 61.7 Å². The van der Waals surface area contributed by atoms with Gasteiger partial charge in [0.25, 0.3) is 11.5 Å². The Morgan fingerprint density at radius 1 is 1.04 bits per heavy atom. The fraction of sp³-hybridized carbons (Fsp3) is 0.120. The molecule has 0 unspecified atom stereocenters. The van der Waals surface area contributed by atoms with E-state index in [2.05, 4.69) is 24.5 Å². The molecule has 16 nitrogen and oxygen atoms in total. The summed E-state index contributed by atoms with van der Waals surface area (Å²) in [5.41, 5.74) is -0.196. The first kappa shape index (κ1) is 38.8. The Kier molecular flexibility index (Phi) is 15.1. The second kappa shape index (κ2) is 17.5. The van der Waals surface area contributed by atoms with E-state index in [9.17, 15) is 32.6 Å². The first-order valence-corrected chi connectivity index (χ1v) is 13.9. The number of nitrogens with zero attached hydrogens (tertiary/aromatic N) is 3. The minimum absolute atomic E-state index is 0. The zero-order chi connectivity index (χ0) is 31.1. The van der Waals surface area contributed by atoms with Crippen LogP contribution in [0.15, 0.2) is 85.9 Å². The van der Waals surface area contributed by atoms with Crippen LogP contribution in [-0.2, 0) is 50.2 Å². The summed E-state index contributed by atoms with van der Waals surface area (Å²) in [5, 5.41) is 21.2. The molecular formula is C25H20N4Na2O12S2. The fourth-order valence-corrected chi connectivity index (χ4v) is 4.59. The number of benzene rings is 2. The Labute approximate surface area is 303 Å². The molecule has 20 heteroatoms.